The van der Waals surface area contributed by atoms with Crippen molar-refractivity contribution in [2.75, 3.05) is 45.2 Å². The lowest BCUT2D eigenvalue weighted by atomic mass is 10.1. The molecule has 2 heterocycles. The number of aliphatic hydroxyl groups is 1. The van der Waals surface area contributed by atoms with Crippen LogP contribution >= 0.6 is 11.8 Å². The summed E-state index contributed by atoms with van der Waals surface area (Å²) in [5.41, 5.74) is -0.625. The van der Waals surface area contributed by atoms with Crippen LogP contribution in [0.5, 0.6) is 0 Å². The Hall–Kier alpha value is -2.20. The van der Waals surface area contributed by atoms with E-state index in [0.717, 1.165) is 54.5 Å². The minimum absolute atomic E-state index is 0.416. The van der Waals surface area contributed by atoms with Gasteiger partial charge >= 0.3 is 6.18 Å². The van der Waals surface area contributed by atoms with Gasteiger partial charge in [-0.05, 0) is 60.1 Å². The summed E-state index contributed by atoms with van der Waals surface area (Å²) in [6.45, 7) is 4.25. The van der Waals surface area contributed by atoms with Crippen LogP contribution in [0.15, 0.2) is 65.2 Å². The van der Waals surface area contributed by atoms with Gasteiger partial charge in [0, 0.05) is 18.0 Å². The third-order valence-electron chi connectivity index (χ3n) is 5.93. The monoisotopic (exact) mass is 509 g/mol. The molecule has 0 amide bonds. The predicted molar refractivity (Wildman–Crippen MR) is 130 cm³/mol. The zero-order valence-corrected chi connectivity index (χ0v) is 20.2. The van der Waals surface area contributed by atoms with Crippen LogP contribution in [0.1, 0.15) is 24.8 Å². The maximum Gasteiger partial charge on any atom is 0.416 e. The fraction of sp³-hybridized carbons (Fsp3) is 0.462. The molecule has 1 N–H and O–H groups in total. The first-order chi connectivity index (χ1) is 16.9. The van der Waals surface area contributed by atoms with E-state index in [9.17, 15) is 18.3 Å². The number of rotatable bonds is 10. The number of hydrogen-bond donors (Lipinski definition) is 1. The number of ether oxygens (including phenoxy) is 3. The first-order valence-electron chi connectivity index (χ1n) is 11.8. The smallest absolute Gasteiger partial charge is 0.416 e. The quantitative estimate of drug-likeness (QED) is 0.333. The normalized spacial score (nSPS) is 19.3. The average Bonchev–Trinajstić information content (AvgIpc) is 2.84. The first kappa shape index (κ1) is 25.9. The summed E-state index contributed by atoms with van der Waals surface area (Å²) in [6, 6.07) is 9.36. The van der Waals surface area contributed by atoms with Crippen molar-refractivity contribution in [2.24, 2.45) is 0 Å². The summed E-state index contributed by atoms with van der Waals surface area (Å²) in [5.74, 6) is 1.99. The highest BCUT2D eigenvalue weighted by Gasteiger charge is 2.30. The van der Waals surface area contributed by atoms with Gasteiger partial charge in [-0.15, -0.1) is 11.8 Å². The fourth-order valence-corrected chi connectivity index (χ4v) is 5.08. The van der Waals surface area contributed by atoms with Gasteiger partial charge in [0.1, 0.15) is 18.1 Å². The van der Waals surface area contributed by atoms with Gasteiger partial charge in [-0.3, -0.25) is 4.90 Å². The number of fused-ring (bicyclic) bond motifs is 1. The van der Waals surface area contributed by atoms with E-state index in [0.29, 0.717) is 43.3 Å². The number of aliphatic hydroxyl groups excluding tert-OH is 1. The lowest BCUT2D eigenvalue weighted by molar-refractivity contribution is -0.137. The van der Waals surface area contributed by atoms with E-state index in [-0.39, 0.29) is 0 Å². The second kappa shape index (κ2) is 12.2. The maximum atomic E-state index is 13.0. The molecule has 2 aliphatic heterocycles. The Labute approximate surface area is 207 Å². The van der Waals surface area contributed by atoms with Crippen molar-refractivity contribution < 1.29 is 32.5 Å². The van der Waals surface area contributed by atoms with Gasteiger partial charge in [-0.1, -0.05) is 18.2 Å². The molecule has 9 heteroatoms. The van der Waals surface area contributed by atoms with Crippen LogP contribution in [-0.4, -0.2) is 61.3 Å². The van der Waals surface area contributed by atoms with E-state index < -0.39 is 17.8 Å². The Morgan fingerprint density at radius 3 is 2.69 bits per heavy atom. The maximum absolute atomic E-state index is 13.0. The van der Waals surface area contributed by atoms with Gasteiger partial charge in [0.25, 0.3) is 0 Å². The van der Waals surface area contributed by atoms with Crippen molar-refractivity contribution in [3.8, 4) is 0 Å². The van der Waals surface area contributed by atoms with Crippen LogP contribution in [0.2, 0.25) is 0 Å². The highest BCUT2D eigenvalue weighted by Crippen LogP contribution is 2.34. The zero-order valence-electron chi connectivity index (χ0n) is 19.4. The summed E-state index contributed by atoms with van der Waals surface area (Å²) in [5, 5.41) is 11.8. The molecule has 4 rings (SSSR count). The number of alkyl halides is 3. The summed E-state index contributed by atoms with van der Waals surface area (Å²) < 4.78 is 55.6. The topological polar surface area (TPSA) is 51.2 Å². The van der Waals surface area contributed by atoms with Crippen LogP contribution in [0.4, 0.5) is 13.2 Å². The lowest BCUT2D eigenvalue weighted by Gasteiger charge is -2.28. The summed E-state index contributed by atoms with van der Waals surface area (Å²) in [6.07, 6.45) is 0.755. The number of nitrogens with zero attached hydrogens (tertiary/aromatic N) is 1. The minimum atomic E-state index is -4.34. The predicted octanol–water partition coefficient (Wildman–Crippen LogP) is 5.59. The van der Waals surface area contributed by atoms with Crippen LogP contribution in [0.3, 0.4) is 0 Å². The second-order valence-electron chi connectivity index (χ2n) is 8.55. The van der Waals surface area contributed by atoms with E-state index in [1.54, 1.807) is 36.0 Å². The molecular formula is C26H30F3NO4S. The van der Waals surface area contributed by atoms with E-state index in [1.165, 1.54) is 12.3 Å². The van der Waals surface area contributed by atoms with E-state index in [1.807, 2.05) is 6.07 Å². The molecule has 1 unspecified atom stereocenters. The van der Waals surface area contributed by atoms with E-state index in [2.05, 4.69) is 4.90 Å². The van der Waals surface area contributed by atoms with Gasteiger partial charge < -0.3 is 19.3 Å². The molecule has 35 heavy (non-hydrogen) atoms. The molecule has 1 atom stereocenters. The van der Waals surface area contributed by atoms with Gasteiger partial charge in [-0.2, -0.15) is 13.2 Å². The summed E-state index contributed by atoms with van der Waals surface area (Å²) in [7, 11) is 0. The number of benzene rings is 2. The summed E-state index contributed by atoms with van der Waals surface area (Å²) in [4.78, 5) is 3.21. The molecule has 0 bridgehead atoms. The van der Waals surface area contributed by atoms with Crippen molar-refractivity contribution in [3.05, 3.63) is 65.8 Å². The Bertz CT molecular complexity index is 1050. The van der Waals surface area contributed by atoms with Crippen LogP contribution in [0, 0.1) is 0 Å². The number of morpholine rings is 1. The Morgan fingerprint density at radius 1 is 1.09 bits per heavy atom. The number of hydrogen-bond acceptors (Lipinski definition) is 6. The molecule has 2 aromatic carbocycles. The molecule has 2 aliphatic rings. The third kappa shape index (κ3) is 7.39. The van der Waals surface area contributed by atoms with Crippen molar-refractivity contribution in [1.82, 2.24) is 4.90 Å². The first-order valence-corrected chi connectivity index (χ1v) is 12.8. The van der Waals surface area contributed by atoms with Gasteiger partial charge in [0.2, 0.25) is 0 Å². The average molecular weight is 510 g/mol. The molecule has 0 spiro atoms. The SMILES string of the molecule is OC1C=C(CN2CCOCC2)OC=C1OCCCCCSc1cccc2cc(C(F)(F)F)ccc12. The lowest BCUT2D eigenvalue weighted by Crippen LogP contribution is -2.38. The molecule has 0 radical (unpaired) electrons. The van der Waals surface area contributed by atoms with Gasteiger partial charge in [-0.25, -0.2) is 0 Å². The molecule has 0 aliphatic carbocycles. The van der Waals surface area contributed by atoms with Crippen molar-refractivity contribution in [3.63, 3.8) is 0 Å². The zero-order chi connectivity index (χ0) is 24.7. The van der Waals surface area contributed by atoms with Crippen LogP contribution in [-0.2, 0) is 20.4 Å². The van der Waals surface area contributed by atoms with Crippen LogP contribution in [0.25, 0.3) is 10.8 Å². The highest BCUT2D eigenvalue weighted by atomic mass is 32.2. The number of halogens is 3. The number of thioether (sulfide) groups is 1. The Kier molecular flexibility index (Phi) is 8.99. The third-order valence-corrected chi connectivity index (χ3v) is 7.09. The fourth-order valence-electron chi connectivity index (χ4n) is 4.00. The molecule has 2 aromatic rings. The standard InChI is InChI=1S/C26H30F3NO4S/c27-26(28,29)20-7-8-22-19(15-20)5-4-6-25(22)35-14-3-1-2-11-33-24-18-34-21(16-23(24)31)17-30-9-12-32-13-10-30/h4-8,15-16,18,23,31H,1-3,9-14,17H2. The van der Waals surface area contributed by atoms with Crippen molar-refractivity contribution in [2.45, 2.75) is 36.4 Å². The Morgan fingerprint density at radius 2 is 1.91 bits per heavy atom. The van der Waals surface area contributed by atoms with Crippen molar-refractivity contribution in [1.29, 1.82) is 0 Å². The highest BCUT2D eigenvalue weighted by molar-refractivity contribution is 7.99. The van der Waals surface area contributed by atoms with Gasteiger partial charge in [0.15, 0.2) is 5.76 Å². The summed E-state index contributed by atoms with van der Waals surface area (Å²) >= 11 is 1.65. The largest absolute Gasteiger partial charge is 0.492 e. The van der Waals surface area contributed by atoms with Crippen LogP contribution < -0.4 is 0 Å². The van der Waals surface area contributed by atoms with Gasteiger partial charge in [0.05, 0.1) is 31.9 Å². The Balaban J connectivity index is 1.14. The molecule has 190 valence electrons. The molecule has 0 saturated carbocycles. The molecule has 1 fully saturated rings. The number of unbranched alkanes of at least 4 members (excludes halogenated alkanes) is 2. The van der Waals surface area contributed by atoms with E-state index in [4.69, 9.17) is 14.2 Å². The molecule has 5 nitrogen and oxygen atoms in total. The molecule has 0 aromatic heterocycles. The molecule has 1 saturated heterocycles. The van der Waals surface area contributed by atoms with E-state index >= 15 is 0 Å². The second-order valence-corrected chi connectivity index (χ2v) is 9.69. The molecular weight excluding hydrogens is 479 g/mol. The van der Waals surface area contributed by atoms with Crippen molar-refractivity contribution >= 4 is 22.5 Å². The minimum Gasteiger partial charge on any atom is -0.492 e.